The number of nitrogens with two attached hydrogens (primary N) is 1. The third-order valence-corrected chi connectivity index (χ3v) is 4.93. The molecule has 2 aromatic carbocycles. The molecule has 162 valence electrons. The largest absolute Gasteiger partial charge is 0.457 e. The lowest BCUT2D eigenvalue weighted by Crippen LogP contribution is -2.36. The van der Waals surface area contributed by atoms with Crippen LogP contribution in [0, 0.1) is 5.41 Å². The van der Waals surface area contributed by atoms with Crippen LogP contribution < -0.4 is 21.1 Å². The van der Waals surface area contributed by atoms with Crippen molar-refractivity contribution in [3.63, 3.8) is 0 Å². The molecule has 0 saturated carbocycles. The molecule has 5 N–H and O–H groups in total. The average Bonchev–Trinajstić information content (AvgIpc) is 2.82. The molecule has 31 heavy (non-hydrogen) atoms. The van der Waals surface area contributed by atoms with Gasteiger partial charge in [-0.1, -0.05) is 32.0 Å². The summed E-state index contributed by atoms with van der Waals surface area (Å²) in [7, 11) is 0. The molecule has 1 fully saturated rings. The Morgan fingerprint density at radius 2 is 1.65 bits per heavy atom. The molecule has 2 heterocycles. The van der Waals surface area contributed by atoms with E-state index in [9.17, 15) is 0 Å². The van der Waals surface area contributed by atoms with Crippen LogP contribution in [0.2, 0.25) is 0 Å². The van der Waals surface area contributed by atoms with Crippen LogP contribution in [0.4, 0.5) is 11.6 Å². The van der Waals surface area contributed by atoms with Crippen LogP contribution in [-0.4, -0.2) is 34.8 Å². The summed E-state index contributed by atoms with van der Waals surface area (Å²) in [5.74, 6) is 2.38. The highest BCUT2D eigenvalue weighted by Crippen LogP contribution is 2.26. The van der Waals surface area contributed by atoms with Crippen molar-refractivity contribution >= 4 is 17.3 Å². The predicted octanol–water partition coefficient (Wildman–Crippen LogP) is 4.46. The third kappa shape index (κ3) is 5.79. The second-order valence-corrected chi connectivity index (χ2v) is 6.97. The lowest BCUT2D eigenvalue weighted by atomic mass is 10.0. The monoisotopic (exact) mass is 418 g/mol. The molecule has 0 bridgehead atoms. The Hall–Kier alpha value is -3.45. The highest BCUT2D eigenvalue weighted by Gasteiger charge is 2.20. The molecule has 1 saturated heterocycles. The van der Waals surface area contributed by atoms with E-state index < -0.39 is 0 Å². The normalized spacial score (nSPS) is 13.6. The number of piperidine rings is 1. The Morgan fingerprint density at radius 3 is 2.32 bits per heavy atom. The molecule has 7 heteroatoms. The number of aromatic nitrogens is 2. The van der Waals surface area contributed by atoms with Crippen LogP contribution in [-0.2, 0) is 0 Å². The number of hydrogen-bond donors (Lipinski definition) is 4. The van der Waals surface area contributed by atoms with Gasteiger partial charge in [0.25, 0.3) is 0 Å². The summed E-state index contributed by atoms with van der Waals surface area (Å²) in [5.41, 5.74) is 7.66. The summed E-state index contributed by atoms with van der Waals surface area (Å²) in [6.07, 6.45) is 3.44. The Morgan fingerprint density at radius 1 is 1.00 bits per heavy atom. The van der Waals surface area contributed by atoms with Crippen molar-refractivity contribution < 1.29 is 4.74 Å². The van der Waals surface area contributed by atoms with Gasteiger partial charge in [0.1, 0.15) is 29.5 Å². The summed E-state index contributed by atoms with van der Waals surface area (Å²) >= 11 is 0. The van der Waals surface area contributed by atoms with E-state index in [4.69, 9.17) is 15.9 Å². The molecule has 0 amide bonds. The highest BCUT2D eigenvalue weighted by atomic mass is 16.5. The Balaban J connectivity index is 0.00000132. The minimum Gasteiger partial charge on any atom is -0.457 e. The van der Waals surface area contributed by atoms with Gasteiger partial charge < -0.3 is 21.1 Å². The van der Waals surface area contributed by atoms with Crippen molar-refractivity contribution in [3.05, 3.63) is 72.1 Å². The van der Waals surface area contributed by atoms with Gasteiger partial charge in [0.2, 0.25) is 0 Å². The fourth-order valence-electron chi connectivity index (χ4n) is 3.37. The Kier molecular flexibility index (Phi) is 7.95. The summed E-state index contributed by atoms with van der Waals surface area (Å²) < 4.78 is 5.83. The van der Waals surface area contributed by atoms with Crippen molar-refractivity contribution in [2.45, 2.75) is 32.7 Å². The molecule has 0 atom stereocenters. The van der Waals surface area contributed by atoms with E-state index in [1.54, 1.807) is 0 Å². The van der Waals surface area contributed by atoms with Gasteiger partial charge in [-0.25, -0.2) is 9.97 Å². The molecule has 0 radical (unpaired) electrons. The highest BCUT2D eigenvalue weighted by molar-refractivity contribution is 6.16. The minimum atomic E-state index is 0.283. The second kappa shape index (κ2) is 11.1. The zero-order valence-electron chi connectivity index (χ0n) is 18.1. The number of benzene rings is 2. The molecule has 1 aromatic heterocycles. The Bertz CT molecular complexity index is 969. The van der Waals surface area contributed by atoms with Crippen LogP contribution in [0.15, 0.2) is 60.9 Å². The topological polar surface area (TPSA) is 109 Å². The molecule has 3 aromatic rings. The van der Waals surface area contributed by atoms with Gasteiger partial charge in [0, 0.05) is 11.6 Å². The van der Waals surface area contributed by atoms with Crippen LogP contribution in [0.3, 0.4) is 0 Å². The van der Waals surface area contributed by atoms with Gasteiger partial charge in [-0.15, -0.1) is 0 Å². The number of hydrogen-bond acceptors (Lipinski definition) is 7. The SMILES string of the molecule is CC.N=C(c1ccc(Oc2ccccc2)cc1)c1c(N)ncnc1NC1CCNCC1. The molecule has 1 aliphatic rings. The standard InChI is InChI=1S/C22H24N6O.C2H6/c23-20(15-6-8-18(9-7-15)29-17-4-2-1-3-5-17)19-21(24)26-14-27-22(19)28-16-10-12-25-13-11-16;1-2/h1-9,14,16,23,25H,10-13H2,(H3,24,26,27,28);1-2H3. The van der Waals surface area contributed by atoms with Crippen LogP contribution in [0.25, 0.3) is 0 Å². The fourth-order valence-corrected chi connectivity index (χ4v) is 3.37. The van der Waals surface area contributed by atoms with E-state index in [0.717, 1.165) is 37.2 Å². The lowest BCUT2D eigenvalue weighted by Gasteiger charge is -2.25. The Labute approximate surface area is 183 Å². The van der Waals surface area contributed by atoms with Crippen molar-refractivity contribution in [2.75, 3.05) is 24.1 Å². The van der Waals surface area contributed by atoms with Crippen LogP contribution in [0.1, 0.15) is 37.8 Å². The van der Waals surface area contributed by atoms with Gasteiger partial charge in [0.05, 0.1) is 11.3 Å². The predicted molar refractivity (Wildman–Crippen MR) is 126 cm³/mol. The van der Waals surface area contributed by atoms with E-state index in [0.29, 0.717) is 29.0 Å². The summed E-state index contributed by atoms with van der Waals surface area (Å²) in [6, 6.07) is 17.3. The van der Waals surface area contributed by atoms with Crippen molar-refractivity contribution in [2.24, 2.45) is 0 Å². The lowest BCUT2D eigenvalue weighted by molar-refractivity contribution is 0.478. The molecule has 4 rings (SSSR count). The van der Waals surface area contributed by atoms with E-state index in [2.05, 4.69) is 20.6 Å². The summed E-state index contributed by atoms with van der Waals surface area (Å²) in [5, 5.41) is 15.5. The third-order valence-electron chi connectivity index (χ3n) is 4.93. The second-order valence-electron chi connectivity index (χ2n) is 6.97. The summed E-state index contributed by atoms with van der Waals surface area (Å²) in [4.78, 5) is 8.47. The first kappa shape index (κ1) is 22.2. The number of ether oxygens (including phenoxy) is 1. The van der Waals surface area contributed by atoms with Gasteiger partial charge >= 0.3 is 0 Å². The molecule has 7 nitrogen and oxygen atoms in total. The minimum absolute atomic E-state index is 0.283. The average molecular weight is 419 g/mol. The maximum atomic E-state index is 8.71. The first-order chi connectivity index (χ1) is 15.2. The molecular formula is C24H30N6O. The molecular weight excluding hydrogens is 388 g/mol. The zero-order chi connectivity index (χ0) is 22.1. The first-order valence-electron chi connectivity index (χ1n) is 10.7. The summed E-state index contributed by atoms with van der Waals surface area (Å²) in [6.45, 7) is 5.93. The maximum absolute atomic E-state index is 8.71. The quantitative estimate of drug-likeness (QED) is 0.440. The van der Waals surface area contributed by atoms with E-state index >= 15 is 0 Å². The number of nitrogens with zero attached hydrogens (tertiary/aromatic N) is 2. The fraction of sp³-hybridized carbons (Fsp3) is 0.292. The van der Waals surface area contributed by atoms with Crippen molar-refractivity contribution in [3.8, 4) is 11.5 Å². The van der Waals surface area contributed by atoms with Gasteiger partial charge in [0.15, 0.2) is 0 Å². The van der Waals surface area contributed by atoms with E-state index in [-0.39, 0.29) is 5.71 Å². The maximum Gasteiger partial charge on any atom is 0.141 e. The number of rotatable bonds is 6. The smallest absolute Gasteiger partial charge is 0.141 e. The number of nitrogen functional groups attached to an aromatic ring is 1. The number of anilines is 2. The van der Waals surface area contributed by atoms with E-state index in [1.807, 2.05) is 68.4 Å². The van der Waals surface area contributed by atoms with Crippen molar-refractivity contribution in [1.82, 2.24) is 15.3 Å². The molecule has 0 spiro atoms. The molecule has 0 aliphatic carbocycles. The van der Waals surface area contributed by atoms with Crippen molar-refractivity contribution in [1.29, 1.82) is 5.41 Å². The molecule has 0 unspecified atom stereocenters. The van der Waals surface area contributed by atoms with Gasteiger partial charge in [-0.05, 0) is 62.3 Å². The van der Waals surface area contributed by atoms with Gasteiger partial charge in [-0.2, -0.15) is 0 Å². The number of nitrogens with one attached hydrogen (secondary N) is 3. The van der Waals surface area contributed by atoms with E-state index in [1.165, 1.54) is 6.33 Å². The first-order valence-corrected chi connectivity index (χ1v) is 10.7. The van der Waals surface area contributed by atoms with Gasteiger partial charge in [-0.3, -0.25) is 5.41 Å². The van der Waals surface area contributed by atoms with Crippen LogP contribution >= 0.6 is 0 Å². The van der Waals surface area contributed by atoms with Crippen LogP contribution in [0.5, 0.6) is 11.5 Å². The zero-order valence-corrected chi connectivity index (χ0v) is 18.1. The molecule has 1 aliphatic heterocycles. The number of para-hydroxylation sites is 1.